The molecule has 0 aromatic carbocycles. The molecule has 0 heterocycles. The Bertz CT molecular complexity index is 181. The molecule has 0 spiro atoms. The third kappa shape index (κ3) is 2.61. The zero-order valence-electron chi connectivity index (χ0n) is 8.41. The second-order valence-corrected chi connectivity index (χ2v) is 4.93. The van der Waals surface area contributed by atoms with Crippen LogP contribution in [0.3, 0.4) is 0 Å². The maximum Gasteiger partial charge on any atom is 0.389 e. The highest BCUT2D eigenvalue weighted by Gasteiger charge is 2.45. The van der Waals surface area contributed by atoms with Gasteiger partial charge in [0.2, 0.25) is 0 Å². The minimum atomic E-state index is -4.00. The predicted octanol–water partition coefficient (Wildman–Crippen LogP) is 4.01. The van der Waals surface area contributed by atoms with E-state index in [0.29, 0.717) is 0 Å². The first-order valence-electron chi connectivity index (χ1n) is 4.79. The molecular formula is C10H17F3. The highest BCUT2D eigenvalue weighted by atomic mass is 19.4. The van der Waals surface area contributed by atoms with E-state index in [4.69, 9.17) is 0 Å². The predicted molar refractivity (Wildman–Crippen MR) is 46.3 cm³/mol. The zero-order valence-corrected chi connectivity index (χ0v) is 8.41. The Morgan fingerprint density at radius 3 is 2.15 bits per heavy atom. The monoisotopic (exact) mass is 194 g/mol. The molecule has 1 fully saturated rings. The summed E-state index contributed by atoms with van der Waals surface area (Å²) in [5, 5.41) is 0. The smallest absolute Gasteiger partial charge is 0.171 e. The molecule has 0 aromatic heterocycles. The standard InChI is InChI=1S/C10H17F3/c1-7-4-5-9(2,3)8(7)6-10(11,12)13/h7-8H,4-6H2,1-3H3. The van der Waals surface area contributed by atoms with Gasteiger partial charge in [0.25, 0.3) is 0 Å². The molecule has 0 N–H and O–H groups in total. The number of hydrogen-bond acceptors (Lipinski definition) is 0. The molecule has 78 valence electrons. The minimum Gasteiger partial charge on any atom is -0.171 e. The van der Waals surface area contributed by atoms with Gasteiger partial charge in [-0.2, -0.15) is 13.2 Å². The number of hydrogen-bond donors (Lipinski definition) is 0. The molecular weight excluding hydrogens is 177 g/mol. The highest BCUT2D eigenvalue weighted by molar-refractivity contribution is 4.90. The Labute approximate surface area is 77.5 Å². The van der Waals surface area contributed by atoms with Crippen molar-refractivity contribution in [3.63, 3.8) is 0 Å². The summed E-state index contributed by atoms with van der Waals surface area (Å²) < 4.78 is 36.7. The Morgan fingerprint density at radius 2 is 1.85 bits per heavy atom. The van der Waals surface area contributed by atoms with E-state index in [2.05, 4.69) is 0 Å². The van der Waals surface area contributed by atoms with Crippen molar-refractivity contribution in [1.82, 2.24) is 0 Å². The molecule has 0 nitrogen and oxygen atoms in total. The highest BCUT2D eigenvalue weighted by Crippen LogP contribution is 2.50. The number of rotatable bonds is 1. The van der Waals surface area contributed by atoms with E-state index < -0.39 is 12.6 Å². The topological polar surface area (TPSA) is 0 Å². The van der Waals surface area contributed by atoms with Crippen LogP contribution in [0.15, 0.2) is 0 Å². The average molecular weight is 194 g/mol. The van der Waals surface area contributed by atoms with Crippen LogP contribution < -0.4 is 0 Å². The lowest BCUT2D eigenvalue weighted by molar-refractivity contribution is -0.153. The second kappa shape index (κ2) is 3.18. The molecule has 0 radical (unpaired) electrons. The van der Waals surface area contributed by atoms with E-state index in [-0.39, 0.29) is 17.3 Å². The Kier molecular flexibility index (Phi) is 2.65. The SMILES string of the molecule is CC1CCC(C)(C)C1CC(F)(F)F. The van der Waals surface area contributed by atoms with Crippen LogP contribution in [-0.2, 0) is 0 Å². The van der Waals surface area contributed by atoms with Gasteiger partial charge in [0, 0.05) is 6.42 Å². The van der Waals surface area contributed by atoms with Crippen molar-refractivity contribution in [2.24, 2.45) is 17.3 Å². The number of alkyl halides is 3. The van der Waals surface area contributed by atoms with Crippen LogP contribution in [0.4, 0.5) is 13.2 Å². The molecule has 2 unspecified atom stereocenters. The van der Waals surface area contributed by atoms with Gasteiger partial charge in [0.05, 0.1) is 0 Å². The summed E-state index contributed by atoms with van der Waals surface area (Å²) in [7, 11) is 0. The Hall–Kier alpha value is -0.210. The van der Waals surface area contributed by atoms with E-state index in [9.17, 15) is 13.2 Å². The van der Waals surface area contributed by atoms with E-state index in [1.165, 1.54) is 0 Å². The van der Waals surface area contributed by atoms with Gasteiger partial charge in [-0.3, -0.25) is 0 Å². The molecule has 0 aliphatic heterocycles. The summed E-state index contributed by atoms with van der Waals surface area (Å²) in [4.78, 5) is 0. The van der Waals surface area contributed by atoms with Gasteiger partial charge in [-0.25, -0.2) is 0 Å². The molecule has 0 amide bonds. The van der Waals surface area contributed by atoms with Crippen molar-refractivity contribution >= 4 is 0 Å². The van der Waals surface area contributed by atoms with Gasteiger partial charge >= 0.3 is 6.18 Å². The fraction of sp³-hybridized carbons (Fsp3) is 1.00. The third-order valence-electron chi connectivity index (χ3n) is 3.39. The summed E-state index contributed by atoms with van der Waals surface area (Å²) >= 11 is 0. The van der Waals surface area contributed by atoms with E-state index in [1.807, 2.05) is 20.8 Å². The lowest BCUT2D eigenvalue weighted by Crippen LogP contribution is -2.27. The maximum absolute atomic E-state index is 12.2. The van der Waals surface area contributed by atoms with Crippen LogP contribution in [-0.4, -0.2) is 6.18 Å². The molecule has 2 atom stereocenters. The molecule has 1 aliphatic carbocycles. The quantitative estimate of drug-likeness (QED) is 0.591. The van der Waals surface area contributed by atoms with Crippen molar-refractivity contribution in [3.05, 3.63) is 0 Å². The maximum atomic E-state index is 12.2. The van der Waals surface area contributed by atoms with E-state index in [0.717, 1.165) is 12.8 Å². The molecule has 0 bridgehead atoms. The molecule has 13 heavy (non-hydrogen) atoms. The van der Waals surface area contributed by atoms with Gasteiger partial charge in [-0.1, -0.05) is 20.8 Å². The minimum absolute atomic E-state index is 0.130. The summed E-state index contributed by atoms with van der Waals surface area (Å²) in [6, 6.07) is 0. The van der Waals surface area contributed by atoms with Crippen molar-refractivity contribution in [2.75, 3.05) is 0 Å². The van der Waals surface area contributed by atoms with Gasteiger partial charge < -0.3 is 0 Å². The van der Waals surface area contributed by atoms with Crippen LogP contribution in [0.25, 0.3) is 0 Å². The summed E-state index contributed by atoms with van der Waals surface area (Å²) in [5.41, 5.74) is -0.130. The van der Waals surface area contributed by atoms with Crippen LogP contribution in [0.2, 0.25) is 0 Å². The lowest BCUT2D eigenvalue weighted by atomic mass is 9.77. The van der Waals surface area contributed by atoms with Crippen molar-refractivity contribution < 1.29 is 13.2 Å². The third-order valence-corrected chi connectivity index (χ3v) is 3.39. The van der Waals surface area contributed by atoms with E-state index in [1.54, 1.807) is 0 Å². The fourth-order valence-electron chi connectivity index (χ4n) is 2.48. The second-order valence-electron chi connectivity index (χ2n) is 4.93. The van der Waals surface area contributed by atoms with Crippen LogP contribution in [0.1, 0.15) is 40.0 Å². The van der Waals surface area contributed by atoms with Gasteiger partial charge in [0.1, 0.15) is 0 Å². The molecule has 1 aliphatic rings. The Balaban J connectivity index is 2.66. The average Bonchev–Trinajstić information content (AvgIpc) is 2.13. The molecule has 1 saturated carbocycles. The normalized spacial score (nSPS) is 33.7. The Morgan fingerprint density at radius 1 is 1.31 bits per heavy atom. The zero-order chi connectivity index (χ0) is 10.3. The summed E-state index contributed by atoms with van der Waals surface area (Å²) in [6.45, 7) is 5.84. The molecule has 1 rings (SSSR count). The van der Waals surface area contributed by atoms with Crippen LogP contribution in [0, 0.1) is 17.3 Å². The van der Waals surface area contributed by atoms with E-state index >= 15 is 0 Å². The summed E-state index contributed by atoms with van der Waals surface area (Å²) in [6.07, 6.45) is -2.75. The number of halogens is 3. The largest absolute Gasteiger partial charge is 0.389 e. The first kappa shape index (κ1) is 10.9. The van der Waals surface area contributed by atoms with Crippen LogP contribution >= 0.6 is 0 Å². The lowest BCUT2D eigenvalue weighted by Gasteiger charge is -2.30. The first-order chi connectivity index (χ1) is 5.72. The molecule has 3 heteroatoms. The fourth-order valence-corrected chi connectivity index (χ4v) is 2.48. The van der Waals surface area contributed by atoms with Gasteiger partial charge in [0.15, 0.2) is 0 Å². The first-order valence-corrected chi connectivity index (χ1v) is 4.79. The molecule has 0 saturated heterocycles. The van der Waals surface area contributed by atoms with Crippen molar-refractivity contribution in [3.8, 4) is 0 Å². The van der Waals surface area contributed by atoms with Gasteiger partial charge in [-0.15, -0.1) is 0 Å². The molecule has 0 aromatic rings. The summed E-state index contributed by atoms with van der Waals surface area (Å²) in [5.74, 6) is 0.0316. The van der Waals surface area contributed by atoms with Crippen molar-refractivity contribution in [2.45, 2.75) is 46.2 Å². The van der Waals surface area contributed by atoms with Crippen LogP contribution in [0.5, 0.6) is 0 Å². The van der Waals surface area contributed by atoms with Crippen molar-refractivity contribution in [1.29, 1.82) is 0 Å². The van der Waals surface area contributed by atoms with Gasteiger partial charge in [-0.05, 0) is 30.1 Å².